The average molecular weight is 377 g/mol. The van der Waals surface area contributed by atoms with Gasteiger partial charge in [-0.1, -0.05) is 11.6 Å². The Bertz CT molecular complexity index is 1010. The van der Waals surface area contributed by atoms with Crippen molar-refractivity contribution in [3.63, 3.8) is 0 Å². The van der Waals surface area contributed by atoms with Gasteiger partial charge in [0.2, 0.25) is 0 Å². The third-order valence-electron chi connectivity index (χ3n) is 3.72. The number of halogens is 1. The zero-order valence-electron chi connectivity index (χ0n) is 13.1. The summed E-state index contributed by atoms with van der Waals surface area (Å²) in [5.74, 6) is 0. The molecule has 0 fully saturated rings. The monoisotopic (exact) mass is 376 g/mol. The number of urea groups is 1. The van der Waals surface area contributed by atoms with E-state index in [-0.39, 0.29) is 21.5 Å². The topological polar surface area (TPSA) is 102 Å². The molecule has 1 heterocycles. The first kappa shape index (κ1) is 17.1. The zero-order chi connectivity index (χ0) is 18.2. The van der Waals surface area contributed by atoms with E-state index in [0.717, 1.165) is 5.56 Å². The minimum atomic E-state index is -3.87. The Labute approximate surface area is 149 Å². The fourth-order valence-electron chi connectivity index (χ4n) is 2.42. The van der Waals surface area contributed by atoms with Gasteiger partial charge in [0.1, 0.15) is 6.07 Å². The molecule has 0 saturated heterocycles. The van der Waals surface area contributed by atoms with Crippen LogP contribution < -0.4 is 10.0 Å². The van der Waals surface area contributed by atoms with Crippen LogP contribution in [0.4, 0.5) is 16.2 Å². The molecule has 0 saturated carbocycles. The molecule has 0 radical (unpaired) electrons. The normalized spacial score (nSPS) is 13.6. The molecule has 2 aromatic carbocycles. The third-order valence-corrected chi connectivity index (χ3v) is 5.43. The SMILES string of the molecule is CN1Cc2cc(NS(=O)(=O)c3ccc(Cl)c(C#N)c3)ccc2NC1=O. The second-order valence-corrected chi connectivity index (χ2v) is 7.61. The number of sulfonamides is 1. The van der Waals surface area contributed by atoms with Gasteiger partial charge in [-0.25, -0.2) is 13.2 Å². The molecule has 0 bridgehead atoms. The number of benzene rings is 2. The number of rotatable bonds is 3. The Balaban J connectivity index is 1.91. The maximum absolute atomic E-state index is 12.5. The molecule has 0 unspecified atom stereocenters. The van der Waals surface area contributed by atoms with Crippen LogP contribution in [-0.4, -0.2) is 26.4 Å². The highest BCUT2D eigenvalue weighted by Gasteiger charge is 2.21. The summed E-state index contributed by atoms with van der Waals surface area (Å²) in [6.07, 6.45) is 0. The molecule has 0 spiro atoms. The number of anilines is 2. The van der Waals surface area contributed by atoms with Gasteiger partial charge >= 0.3 is 6.03 Å². The number of amides is 2. The van der Waals surface area contributed by atoms with Crippen molar-refractivity contribution in [3.05, 3.63) is 52.5 Å². The zero-order valence-corrected chi connectivity index (χ0v) is 14.6. The van der Waals surface area contributed by atoms with Crippen molar-refractivity contribution in [3.8, 4) is 6.07 Å². The summed E-state index contributed by atoms with van der Waals surface area (Å²) < 4.78 is 27.5. The molecule has 2 N–H and O–H groups in total. The number of hydrogen-bond acceptors (Lipinski definition) is 4. The van der Waals surface area contributed by atoms with E-state index in [1.807, 2.05) is 6.07 Å². The average Bonchev–Trinajstić information content (AvgIpc) is 2.56. The highest BCUT2D eigenvalue weighted by atomic mass is 35.5. The molecule has 1 aliphatic rings. The van der Waals surface area contributed by atoms with Crippen molar-refractivity contribution in [1.29, 1.82) is 5.26 Å². The van der Waals surface area contributed by atoms with Crippen LogP contribution in [0.3, 0.4) is 0 Å². The van der Waals surface area contributed by atoms with E-state index in [9.17, 15) is 13.2 Å². The van der Waals surface area contributed by atoms with Gasteiger partial charge in [0.25, 0.3) is 10.0 Å². The maximum atomic E-state index is 12.5. The minimum absolute atomic E-state index is 0.0587. The predicted molar refractivity (Wildman–Crippen MR) is 93.9 cm³/mol. The molecule has 2 aromatic rings. The summed E-state index contributed by atoms with van der Waals surface area (Å²) >= 11 is 5.83. The first-order valence-corrected chi connectivity index (χ1v) is 9.04. The molecule has 128 valence electrons. The van der Waals surface area contributed by atoms with Crippen LogP contribution in [0.1, 0.15) is 11.1 Å². The van der Waals surface area contributed by atoms with Crippen molar-refractivity contribution >= 4 is 39.0 Å². The van der Waals surface area contributed by atoms with Crippen LogP contribution >= 0.6 is 11.6 Å². The minimum Gasteiger partial charge on any atom is -0.323 e. The Morgan fingerprint density at radius 3 is 2.76 bits per heavy atom. The summed E-state index contributed by atoms with van der Waals surface area (Å²) in [4.78, 5) is 13.0. The molecular weight excluding hydrogens is 364 g/mol. The number of fused-ring (bicyclic) bond motifs is 1. The first-order valence-electron chi connectivity index (χ1n) is 7.17. The fraction of sp³-hybridized carbons (Fsp3) is 0.125. The van der Waals surface area contributed by atoms with Gasteiger partial charge in [0.05, 0.1) is 15.5 Å². The van der Waals surface area contributed by atoms with Gasteiger partial charge < -0.3 is 10.2 Å². The number of nitrogens with zero attached hydrogens (tertiary/aromatic N) is 2. The lowest BCUT2D eigenvalue weighted by Crippen LogP contribution is -2.35. The molecule has 0 aliphatic carbocycles. The molecule has 2 amide bonds. The quantitative estimate of drug-likeness (QED) is 0.859. The van der Waals surface area contributed by atoms with Crippen molar-refractivity contribution in [2.24, 2.45) is 0 Å². The Morgan fingerprint density at radius 1 is 1.28 bits per heavy atom. The summed E-state index contributed by atoms with van der Waals surface area (Å²) in [5.41, 5.74) is 1.87. The number of hydrogen-bond donors (Lipinski definition) is 2. The lowest BCUT2D eigenvalue weighted by molar-refractivity contribution is 0.218. The molecular formula is C16H13ClN4O3S. The van der Waals surface area contributed by atoms with Gasteiger partial charge in [-0.3, -0.25) is 4.72 Å². The van der Waals surface area contributed by atoms with E-state index in [1.165, 1.54) is 23.1 Å². The largest absolute Gasteiger partial charge is 0.323 e. The lowest BCUT2D eigenvalue weighted by atomic mass is 10.1. The van der Waals surface area contributed by atoms with Crippen LogP contribution in [0.5, 0.6) is 0 Å². The van der Waals surface area contributed by atoms with Gasteiger partial charge in [-0.05, 0) is 42.0 Å². The second-order valence-electron chi connectivity index (χ2n) is 5.52. The van der Waals surface area contributed by atoms with Crippen molar-refractivity contribution in [2.75, 3.05) is 17.1 Å². The van der Waals surface area contributed by atoms with E-state index < -0.39 is 10.0 Å². The Hall–Kier alpha value is -2.76. The second kappa shape index (κ2) is 6.27. The molecule has 1 aliphatic heterocycles. The van der Waals surface area contributed by atoms with Crippen molar-refractivity contribution < 1.29 is 13.2 Å². The third kappa shape index (κ3) is 3.38. The Morgan fingerprint density at radius 2 is 2.04 bits per heavy atom. The fourth-order valence-corrected chi connectivity index (χ4v) is 3.65. The molecule has 7 nitrogen and oxygen atoms in total. The van der Waals surface area contributed by atoms with Crippen LogP contribution in [0.2, 0.25) is 5.02 Å². The standard InChI is InChI=1S/C16H13ClN4O3S/c1-21-9-11-6-12(2-5-15(11)19-16(21)22)20-25(23,24)13-3-4-14(17)10(7-13)8-18/h2-7,20H,9H2,1H3,(H,19,22). The predicted octanol–water partition coefficient (Wildman–Crippen LogP) is 2.99. The highest BCUT2D eigenvalue weighted by molar-refractivity contribution is 7.92. The molecule has 9 heteroatoms. The first-order chi connectivity index (χ1) is 11.8. The van der Waals surface area contributed by atoms with E-state index in [4.69, 9.17) is 16.9 Å². The highest BCUT2D eigenvalue weighted by Crippen LogP contribution is 2.27. The van der Waals surface area contributed by atoms with Gasteiger partial charge in [-0.15, -0.1) is 0 Å². The van der Waals surface area contributed by atoms with Crippen LogP contribution in [0, 0.1) is 11.3 Å². The van der Waals surface area contributed by atoms with Gasteiger partial charge in [0, 0.05) is 25.0 Å². The summed E-state index contributed by atoms with van der Waals surface area (Å²) in [7, 11) is -2.23. The molecule has 25 heavy (non-hydrogen) atoms. The van der Waals surface area contributed by atoms with Crippen LogP contribution in [0.25, 0.3) is 0 Å². The van der Waals surface area contributed by atoms with Crippen molar-refractivity contribution in [1.82, 2.24) is 4.90 Å². The number of carbonyl (C=O) groups is 1. The van der Waals surface area contributed by atoms with E-state index >= 15 is 0 Å². The van der Waals surface area contributed by atoms with Gasteiger partial charge in [0.15, 0.2) is 0 Å². The van der Waals surface area contributed by atoms with Crippen LogP contribution in [-0.2, 0) is 16.6 Å². The van der Waals surface area contributed by atoms with E-state index in [2.05, 4.69) is 10.0 Å². The molecule has 0 atom stereocenters. The summed E-state index contributed by atoms with van der Waals surface area (Å²) in [6, 6.07) is 10.4. The molecule has 0 aromatic heterocycles. The van der Waals surface area contributed by atoms with E-state index in [0.29, 0.717) is 17.9 Å². The summed E-state index contributed by atoms with van der Waals surface area (Å²) in [6.45, 7) is 0.371. The Kier molecular flexibility index (Phi) is 4.29. The smallest absolute Gasteiger partial charge is 0.321 e. The van der Waals surface area contributed by atoms with Crippen molar-refractivity contribution in [2.45, 2.75) is 11.4 Å². The number of carbonyl (C=O) groups excluding carboxylic acids is 1. The maximum Gasteiger partial charge on any atom is 0.321 e. The van der Waals surface area contributed by atoms with Crippen LogP contribution in [0.15, 0.2) is 41.3 Å². The summed E-state index contributed by atoms with van der Waals surface area (Å²) in [5, 5.41) is 11.9. The van der Waals surface area contributed by atoms with E-state index in [1.54, 1.807) is 25.2 Å². The molecule has 3 rings (SSSR count). The lowest BCUT2D eigenvalue weighted by Gasteiger charge is -2.26. The number of nitrogens with one attached hydrogen (secondary N) is 2. The number of nitriles is 1. The van der Waals surface area contributed by atoms with Gasteiger partial charge in [-0.2, -0.15) is 5.26 Å².